The predicted molar refractivity (Wildman–Crippen MR) is 68.7 cm³/mol. The molecule has 0 atom stereocenters. The van der Waals surface area contributed by atoms with Gasteiger partial charge >= 0.3 is 6.01 Å². The summed E-state index contributed by atoms with van der Waals surface area (Å²) < 4.78 is 5.45. The molecular formula is C12H11N3OS. The van der Waals surface area contributed by atoms with Crippen LogP contribution in [-0.4, -0.2) is 15.0 Å². The number of thiocarbonyl (C=S) groups is 1. The van der Waals surface area contributed by atoms with E-state index < -0.39 is 0 Å². The van der Waals surface area contributed by atoms with Crippen LogP contribution in [0.4, 0.5) is 0 Å². The number of hydrogen-bond acceptors (Lipinski definition) is 4. The van der Waals surface area contributed by atoms with Gasteiger partial charge in [-0.15, -0.1) is 0 Å². The Morgan fingerprint density at radius 2 is 2.00 bits per heavy atom. The van der Waals surface area contributed by atoms with E-state index in [1.54, 1.807) is 12.3 Å². The number of aromatic nitrogens is 2. The third kappa shape index (κ3) is 3.22. The molecule has 0 aliphatic heterocycles. The zero-order valence-corrected chi connectivity index (χ0v) is 9.85. The van der Waals surface area contributed by atoms with Crippen molar-refractivity contribution in [3.63, 3.8) is 0 Å². The molecule has 5 heteroatoms. The molecule has 4 nitrogen and oxygen atoms in total. The molecular weight excluding hydrogens is 234 g/mol. The van der Waals surface area contributed by atoms with E-state index in [0.29, 0.717) is 12.3 Å². The number of nitrogens with zero attached hydrogens (tertiary/aromatic N) is 2. The predicted octanol–water partition coefficient (Wildman–Crippen LogP) is 1.69. The number of ether oxygens (including phenoxy) is 1. The van der Waals surface area contributed by atoms with Gasteiger partial charge in [-0.3, -0.25) is 0 Å². The van der Waals surface area contributed by atoms with Crippen molar-refractivity contribution >= 4 is 17.2 Å². The van der Waals surface area contributed by atoms with Crippen LogP contribution in [0.5, 0.6) is 6.01 Å². The second-order valence-corrected chi connectivity index (χ2v) is 3.80. The lowest BCUT2D eigenvalue weighted by Gasteiger charge is -2.05. The van der Waals surface area contributed by atoms with Crippen LogP contribution in [0.3, 0.4) is 0 Å². The smallest absolute Gasteiger partial charge is 0.317 e. The van der Waals surface area contributed by atoms with Gasteiger partial charge in [0.05, 0.1) is 0 Å². The Labute approximate surface area is 104 Å². The Morgan fingerprint density at radius 3 is 2.71 bits per heavy atom. The van der Waals surface area contributed by atoms with Crippen LogP contribution in [0.1, 0.15) is 11.3 Å². The summed E-state index contributed by atoms with van der Waals surface area (Å²) in [7, 11) is 0. The summed E-state index contributed by atoms with van der Waals surface area (Å²) in [4.78, 5) is 8.31. The molecule has 0 unspecified atom stereocenters. The first-order chi connectivity index (χ1) is 8.25. The first-order valence-electron chi connectivity index (χ1n) is 5.05. The number of benzene rings is 1. The van der Waals surface area contributed by atoms with E-state index in [-0.39, 0.29) is 11.0 Å². The van der Waals surface area contributed by atoms with Gasteiger partial charge in [-0.1, -0.05) is 42.5 Å². The Morgan fingerprint density at radius 1 is 1.24 bits per heavy atom. The molecule has 86 valence electrons. The largest absolute Gasteiger partial charge is 0.459 e. The van der Waals surface area contributed by atoms with Gasteiger partial charge in [0, 0.05) is 6.20 Å². The maximum absolute atomic E-state index is 5.48. The average molecular weight is 245 g/mol. The Kier molecular flexibility index (Phi) is 3.62. The van der Waals surface area contributed by atoms with Crippen LogP contribution in [0.25, 0.3) is 0 Å². The van der Waals surface area contributed by atoms with E-state index in [0.717, 1.165) is 5.56 Å². The molecule has 0 radical (unpaired) electrons. The molecule has 0 spiro atoms. The Hall–Kier alpha value is -2.01. The summed E-state index contributed by atoms with van der Waals surface area (Å²) in [5.74, 6) is 0. The minimum absolute atomic E-state index is 0.233. The molecule has 1 heterocycles. The summed E-state index contributed by atoms with van der Waals surface area (Å²) in [6.07, 6.45) is 1.57. The van der Waals surface area contributed by atoms with Crippen LogP contribution in [-0.2, 0) is 6.61 Å². The molecule has 0 bridgehead atoms. The fourth-order valence-corrected chi connectivity index (χ4v) is 1.38. The van der Waals surface area contributed by atoms with Gasteiger partial charge in [-0.05, 0) is 11.6 Å². The highest BCUT2D eigenvalue weighted by molar-refractivity contribution is 7.80. The second kappa shape index (κ2) is 5.36. The lowest BCUT2D eigenvalue weighted by molar-refractivity contribution is 0.280. The van der Waals surface area contributed by atoms with Crippen molar-refractivity contribution in [3.05, 3.63) is 53.9 Å². The van der Waals surface area contributed by atoms with Gasteiger partial charge < -0.3 is 10.5 Å². The van der Waals surface area contributed by atoms with Gasteiger partial charge in [0.1, 0.15) is 17.3 Å². The van der Waals surface area contributed by atoms with E-state index in [1.807, 2.05) is 30.3 Å². The van der Waals surface area contributed by atoms with Gasteiger partial charge in [-0.2, -0.15) is 4.98 Å². The highest BCUT2D eigenvalue weighted by atomic mass is 32.1. The molecule has 17 heavy (non-hydrogen) atoms. The van der Waals surface area contributed by atoms with E-state index in [2.05, 4.69) is 9.97 Å². The first kappa shape index (κ1) is 11.5. The normalized spacial score (nSPS) is 9.88. The van der Waals surface area contributed by atoms with E-state index >= 15 is 0 Å². The van der Waals surface area contributed by atoms with Crippen molar-refractivity contribution < 1.29 is 4.74 Å². The first-order valence-corrected chi connectivity index (χ1v) is 5.46. The van der Waals surface area contributed by atoms with Gasteiger partial charge in [0.15, 0.2) is 0 Å². The van der Waals surface area contributed by atoms with Crippen molar-refractivity contribution in [3.8, 4) is 6.01 Å². The zero-order chi connectivity index (χ0) is 12.1. The van der Waals surface area contributed by atoms with Crippen LogP contribution in [0.2, 0.25) is 0 Å². The lowest BCUT2D eigenvalue weighted by atomic mass is 10.2. The average Bonchev–Trinajstić information content (AvgIpc) is 2.38. The van der Waals surface area contributed by atoms with Crippen molar-refractivity contribution in [1.82, 2.24) is 9.97 Å². The summed E-state index contributed by atoms with van der Waals surface area (Å²) in [6.45, 7) is 0.418. The fourth-order valence-electron chi connectivity index (χ4n) is 1.27. The molecule has 1 aromatic carbocycles. The minimum Gasteiger partial charge on any atom is -0.459 e. The van der Waals surface area contributed by atoms with Crippen molar-refractivity contribution in [2.24, 2.45) is 5.73 Å². The molecule has 1 aromatic heterocycles. The van der Waals surface area contributed by atoms with Crippen molar-refractivity contribution in [1.29, 1.82) is 0 Å². The van der Waals surface area contributed by atoms with E-state index in [4.69, 9.17) is 22.7 Å². The van der Waals surface area contributed by atoms with Crippen LogP contribution >= 0.6 is 12.2 Å². The molecule has 0 amide bonds. The maximum Gasteiger partial charge on any atom is 0.317 e. The number of nitrogens with two attached hydrogens (primary N) is 1. The molecule has 0 aliphatic carbocycles. The third-order valence-electron chi connectivity index (χ3n) is 2.10. The van der Waals surface area contributed by atoms with Crippen molar-refractivity contribution in [2.75, 3.05) is 0 Å². The standard InChI is InChI=1S/C12H11N3OS/c13-11(17)10-6-7-14-12(15-10)16-8-9-4-2-1-3-5-9/h1-7H,8H2,(H2,13,17). The van der Waals surface area contributed by atoms with Crippen LogP contribution in [0, 0.1) is 0 Å². The van der Waals surface area contributed by atoms with Crippen LogP contribution < -0.4 is 10.5 Å². The topological polar surface area (TPSA) is 61.0 Å². The third-order valence-corrected chi connectivity index (χ3v) is 2.31. The van der Waals surface area contributed by atoms with Gasteiger partial charge in [0.2, 0.25) is 0 Å². The lowest BCUT2D eigenvalue weighted by Crippen LogP contribution is -2.12. The quantitative estimate of drug-likeness (QED) is 0.831. The highest BCUT2D eigenvalue weighted by Gasteiger charge is 2.02. The SMILES string of the molecule is NC(=S)c1ccnc(OCc2ccccc2)n1. The Balaban J connectivity index is 2.04. The molecule has 2 aromatic rings. The molecule has 0 aliphatic rings. The van der Waals surface area contributed by atoms with E-state index in [1.165, 1.54) is 0 Å². The number of rotatable bonds is 4. The minimum atomic E-state index is 0.233. The molecule has 2 rings (SSSR count). The molecule has 0 fully saturated rings. The maximum atomic E-state index is 5.48. The second-order valence-electron chi connectivity index (χ2n) is 3.36. The summed E-state index contributed by atoms with van der Waals surface area (Å²) in [5.41, 5.74) is 7.04. The highest BCUT2D eigenvalue weighted by Crippen LogP contribution is 2.07. The number of hydrogen-bond donors (Lipinski definition) is 1. The zero-order valence-electron chi connectivity index (χ0n) is 9.04. The monoisotopic (exact) mass is 245 g/mol. The fraction of sp³-hybridized carbons (Fsp3) is 0.0833. The Bertz CT molecular complexity index is 516. The molecule has 0 saturated heterocycles. The molecule has 0 saturated carbocycles. The van der Waals surface area contributed by atoms with Gasteiger partial charge in [-0.25, -0.2) is 4.98 Å². The molecule has 2 N–H and O–H groups in total. The van der Waals surface area contributed by atoms with Crippen molar-refractivity contribution in [2.45, 2.75) is 6.61 Å². The summed E-state index contributed by atoms with van der Waals surface area (Å²) in [5, 5.41) is 0. The van der Waals surface area contributed by atoms with Gasteiger partial charge in [0.25, 0.3) is 0 Å². The van der Waals surface area contributed by atoms with E-state index in [9.17, 15) is 0 Å². The summed E-state index contributed by atoms with van der Waals surface area (Å²) in [6, 6.07) is 11.7. The van der Waals surface area contributed by atoms with Crippen LogP contribution in [0.15, 0.2) is 42.6 Å². The summed E-state index contributed by atoms with van der Waals surface area (Å²) >= 11 is 4.83.